The fourth-order valence-corrected chi connectivity index (χ4v) is 2.91. The number of rotatable bonds is 4. The molecule has 6 heteroatoms. The zero-order chi connectivity index (χ0) is 11.5. The first-order valence-corrected chi connectivity index (χ1v) is 7.83. The molecule has 1 rings (SSSR count). The molecule has 0 N–H and O–H groups in total. The molecule has 0 bridgehead atoms. The molecule has 1 aliphatic rings. The number of carbonyl (C=O) groups is 1. The maximum atomic E-state index is 11.6. The lowest BCUT2D eigenvalue weighted by Gasteiger charge is -2.29. The van der Waals surface area contributed by atoms with Gasteiger partial charge in [-0.1, -0.05) is 22.9 Å². The molecule has 0 aromatic carbocycles. The molecular formula is C9H16BrNO3S. The molecule has 1 unspecified atom stereocenters. The number of carbonyl (C=O) groups excluding carboxylic acids is 1. The molecule has 0 spiro atoms. The summed E-state index contributed by atoms with van der Waals surface area (Å²) in [7, 11) is -2.97. The molecule has 1 amide bonds. The second-order valence-corrected chi connectivity index (χ2v) is 7.25. The Morgan fingerprint density at radius 2 is 2.20 bits per heavy atom. The van der Waals surface area contributed by atoms with Gasteiger partial charge in [0.1, 0.15) is 0 Å². The van der Waals surface area contributed by atoms with Gasteiger partial charge >= 0.3 is 0 Å². The first kappa shape index (κ1) is 13.0. The summed E-state index contributed by atoms with van der Waals surface area (Å²) in [5.74, 6) is 0.245. The first-order chi connectivity index (χ1) is 6.96. The molecule has 1 heterocycles. The van der Waals surface area contributed by atoms with E-state index in [0.717, 1.165) is 12.8 Å². The van der Waals surface area contributed by atoms with Gasteiger partial charge < -0.3 is 4.90 Å². The van der Waals surface area contributed by atoms with Crippen molar-refractivity contribution in [2.75, 3.05) is 24.6 Å². The average molecular weight is 298 g/mol. The number of alkyl halides is 1. The molecule has 0 aromatic rings. The average Bonchev–Trinajstić information content (AvgIpc) is 2.20. The highest BCUT2D eigenvalue weighted by molar-refractivity contribution is 9.10. The van der Waals surface area contributed by atoms with E-state index >= 15 is 0 Å². The van der Waals surface area contributed by atoms with Gasteiger partial charge in [-0.2, -0.15) is 0 Å². The molecule has 0 radical (unpaired) electrons. The van der Waals surface area contributed by atoms with Crippen molar-refractivity contribution in [1.82, 2.24) is 4.90 Å². The molecule has 88 valence electrons. The van der Waals surface area contributed by atoms with Crippen molar-refractivity contribution < 1.29 is 13.2 Å². The van der Waals surface area contributed by atoms with E-state index < -0.39 is 9.84 Å². The number of piperidine rings is 1. The van der Waals surface area contributed by atoms with Crippen LogP contribution in [0.5, 0.6) is 0 Å². The van der Waals surface area contributed by atoms with Crippen molar-refractivity contribution in [3.63, 3.8) is 0 Å². The monoisotopic (exact) mass is 297 g/mol. The Kier molecular flexibility index (Phi) is 4.58. The Morgan fingerprint density at radius 1 is 1.53 bits per heavy atom. The summed E-state index contributed by atoms with van der Waals surface area (Å²) in [4.78, 5) is 13.1. The highest BCUT2D eigenvalue weighted by atomic mass is 79.9. The Hall–Kier alpha value is -0.100. The molecular weight excluding hydrogens is 282 g/mol. The maximum absolute atomic E-state index is 11.6. The van der Waals surface area contributed by atoms with Gasteiger partial charge in [0.15, 0.2) is 9.84 Å². The molecule has 1 saturated heterocycles. The van der Waals surface area contributed by atoms with E-state index in [9.17, 15) is 13.2 Å². The molecule has 1 aliphatic heterocycles. The first-order valence-electron chi connectivity index (χ1n) is 5.09. The largest absolute Gasteiger partial charge is 0.341 e. The maximum Gasteiger partial charge on any atom is 0.236 e. The van der Waals surface area contributed by atoms with Crippen LogP contribution in [0.15, 0.2) is 0 Å². The molecule has 0 aromatic heterocycles. The number of likely N-dealkylation sites (tertiary alicyclic amines) is 1. The molecule has 4 nitrogen and oxygen atoms in total. The standard InChI is InChI=1S/C9H16BrNO3S/c1-2-15(13,14)7-6-11-5-3-4-8(10)9(11)12/h8H,2-7H2,1H3. The van der Waals surface area contributed by atoms with E-state index in [1.165, 1.54) is 0 Å². The quantitative estimate of drug-likeness (QED) is 0.722. The summed E-state index contributed by atoms with van der Waals surface area (Å²) in [6, 6.07) is 0. The van der Waals surface area contributed by atoms with Gasteiger partial charge in [-0.15, -0.1) is 0 Å². The predicted molar refractivity (Wildman–Crippen MR) is 62.9 cm³/mol. The summed E-state index contributed by atoms with van der Waals surface area (Å²) in [6.07, 6.45) is 1.78. The Balaban J connectivity index is 2.48. The molecule has 0 saturated carbocycles. The Bertz CT molecular complexity index is 328. The number of halogens is 1. The van der Waals surface area contributed by atoms with Gasteiger partial charge in [0, 0.05) is 18.8 Å². The second-order valence-electron chi connectivity index (χ2n) is 3.67. The molecule has 15 heavy (non-hydrogen) atoms. The zero-order valence-corrected chi connectivity index (χ0v) is 11.2. The van der Waals surface area contributed by atoms with E-state index in [1.807, 2.05) is 0 Å². The summed E-state index contributed by atoms with van der Waals surface area (Å²) in [5, 5.41) is 0. The smallest absolute Gasteiger partial charge is 0.236 e. The lowest BCUT2D eigenvalue weighted by molar-refractivity contribution is -0.132. The fourth-order valence-electron chi connectivity index (χ4n) is 1.51. The minimum Gasteiger partial charge on any atom is -0.341 e. The van der Waals surface area contributed by atoms with Gasteiger partial charge in [-0.25, -0.2) is 8.42 Å². The SMILES string of the molecule is CCS(=O)(=O)CCN1CCCC(Br)C1=O. The second kappa shape index (κ2) is 5.30. The normalized spacial score (nSPS) is 23.2. The summed E-state index contributed by atoms with van der Waals surface area (Å²) in [5.41, 5.74) is 0. The van der Waals surface area contributed by atoms with Crippen LogP contribution in [0.25, 0.3) is 0 Å². The highest BCUT2D eigenvalue weighted by Crippen LogP contribution is 2.18. The predicted octanol–water partition coefficient (Wildman–Crippen LogP) is 0.807. The van der Waals surface area contributed by atoms with Gasteiger partial charge in [0.2, 0.25) is 5.91 Å². The Morgan fingerprint density at radius 3 is 2.80 bits per heavy atom. The third-order valence-corrected chi connectivity index (χ3v) is 5.11. The van der Waals surface area contributed by atoms with E-state index in [-0.39, 0.29) is 22.2 Å². The zero-order valence-electron chi connectivity index (χ0n) is 8.78. The van der Waals surface area contributed by atoms with Crippen molar-refractivity contribution in [1.29, 1.82) is 0 Å². The minimum atomic E-state index is -2.97. The number of hydrogen-bond acceptors (Lipinski definition) is 3. The van der Waals surface area contributed by atoms with Gasteiger partial charge in [-0.05, 0) is 12.8 Å². The topological polar surface area (TPSA) is 54.5 Å². The van der Waals surface area contributed by atoms with Crippen LogP contribution in [-0.2, 0) is 14.6 Å². The van der Waals surface area contributed by atoms with E-state index in [2.05, 4.69) is 15.9 Å². The highest BCUT2D eigenvalue weighted by Gasteiger charge is 2.26. The van der Waals surface area contributed by atoms with Crippen molar-refractivity contribution in [2.45, 2.75) is 24.6 Å². The van der Waals surface area contributed by atoms with Crippen LogP contribution in [0.4, 0.5) is 0 Å². The van der Waals surface area contributed by atoms with Crippen LogP contribution < -0.4 is 0 Å². The summed E-state index contributed by atoms with van der Waals surface area (Å²) >= 11 is 3.29. The van der Waals surface area contributed by atoms with Crippen LogP contribution in [-0.4, -0.2) is 48.6 Å². The molecule has 0 aliphatic carbocycles. The lowest BCUT2D eigenvalue weighted by atomic mass is 10.1. The van der Waals surface area contributed by atoms with Gasteiger partial charge in [0.05, 0.1) is 10.6 Å². The third kappa shape index (κ3) is 3.75. The summed E-state index contributed by atoms with van der Waals surface area (Å²) < 4.78 is 22.6. The van der Waals surface area contributed by atoms with E-state index in [0.29, 0.717) is 13.1 Å². The van der Waals surface area contributed by atoms with Crippen molar-refractivity contribution in [3.8, 4) is 0 Å². The van der Waals surface area contributed by atoms with Crippen molar-refractivity contribution in [3.05, 3.63) is 0 Å². The van der Waals surface area contributed by atoms with Crippen LogP contribution in [0.2, 0.25) is 0 Å². The number of amides is 1. The third-order valence-electron chi connectivity index (χ3n) is 2.58. The van der Waals surface area contributed by atoms with Crippen LogP contribution in [0.3, 0.4) is 0 Å². The van der Waals surface area contributed by atoms with E-state index in [4.69, 9.17) is 0 Å². The molecule has 1 atom stereocenters. The molecule has 1 fully saturated rings. The van der Waals surface area contributed by atoms with Crippen molar-refractivity contribution >= 4 is 31.7 Å². The Labute approximate surface area is 99.1 Å². The van der Waals surface area contributed by atoms with E-state index in [1.54, 1.807) is 11.8 Å². The minimum absolute atomic E-state index is 0.0209. The summed E-state index contributed by atoms with van der Waals surface area (Å²) in [6.45, 7) is 2.64. The van der Waals surface area contributed by atoms with Crippen molar-refractivity contribution in [2.24, 2.45) is 0 Å². The lowest BCUT2D eigenvalue weighted by Crippen LogP contribution is -2.43. The number of sulfone groups is 1. The van der Waals surface area contributed by atoms with Crippen LogP contribution in [0.1, 0.15) is 19.8 Å². The number of nitrogens with zero attached hydrogens (tertiary/aromatic N) is 1. The van der Waals surface area contributed by atoms with Crippen LogP contribution in [0, 0.1) is 0 Å². The number of hydrogen-bond donors (Lipinski definition) is 0. The fraction of sp³-hybridized carbons (Fsp3) is 0.889. The van der Waals surface area contributed by atoms with Gasteiger partial charge in [-0.3, -0.25) is 4.79 Å². The van der Waals surface area contributed by atoms with Gasteiger partial charge in [0.25, 0.3) is 0 Å². The van der Waals surface area contributed by atoms with Crippen LogP contribution >= 0.6 is 15.9 Å².